The van der Waals surface area contributed by atoms with Crippen LogP contribution in [0.15, 0.2) is 54.6 Å². The minimum absolute atomic E-state index is 0.796. The van der Waals surface area contributed by atoms with Crippen molar-refractivity contribution in [2.75, 3.05) is 0 Å². The van der Waals surface area contributed by atoms with E-state index in [1.165, 1.54) is 0 Å². The van der Waals surface area contributed by atoms with E-state index in [0.29, 0.717) is 0 Å². The highest BCUT2D eigenvalue weighted by Gasteiger charge is 2.05. The molecule has 0 amide bonds. The molecule has 5 nitrogen and oxygen atoms in total. The lowest BCUT2D eigenvalue weighted by Crippen LogP contribution is -1.96. The van der Waals surface area contributed by atoms with Crippen LogP contribution in [0, 0.1) is 0 Å². The molecule has 0 saturated heterocycles. The average Bonchev–Trinajstić information content (AvgIpc) is 2.89. The molecule has 3 aromatic rings. The largest absolute Gasteiger partial charge is 0.478 e. The van der Waals surface area contributed by atoms with Crippen molar-refractivity contribution in [3.05, 3.63) is 60.2 Å². The number of benzene rings is 2. The normalized spacial score (nSPS) is 11.2. The van der Waals surface area contributed by atoms with Crippen molar-refractivity contribution in [3.63, 3.8) is 0 Å². The van der Waals surface area contributed by atoms with Gasteiger partial charge < -0.3 is 5.11 Å². The molecule has 0 aliphatic carbocycles. The van der Waals surface area contributed by atoms with Crippen molar-refractivity contribution < 1.29 is 9.90 Å². The predicted octanol–water partition coefficient (Wildman–Crippen LogP) is 2.52. The molecule has 0 unspecified atom stereocenters. The maximum atomic E-state index is 10.5. The van der Waals surface area contributed by atoms with Crippen LogP contribution in [0.1, 0.15) is 5.56 Å². The predicted molar refractivity (Wildman–Crippen MR) is 75.5 cm³/mol. The number of aliphatic carboxylic acids is 1. The third kappa shape index (κ3) is 2.29. The number of carbonyl (C=O) groups is 1. The molecule has 0 bridgehead atoms. The first-order valence-electron chi connectivity index (χ1n) is 6.06. The van der Waals surface area contributed by atoms with Crippen molar-refractivity contribution >= 4 is 23.1 Å². The maximum absolute atomic E-state index is 10.5. The zero-order valence-corrected chi connectivity index (χ0v) is 10.5. The van der Waals surface area contributed by atoms with Crippen LogP contribution in [-0.2, 0) is 4.79 Å². The molecule has 1 N–H and O–H groups in total. The van der Waals surface area contributed by atoms with Crippen LogP contribution in [0.4, 0.5) is 0 Å². The third-order valence-corrected chi connectivity index (χ3v) is 2.88. The van der Waals surface area contributed by atoms with E-state index in [1.54, 1.807) is 10.8 Å². The van der Waals surface area contributed by atoms with Gasteiger partial charge >= 0.3 is 5.97 Å². The first kappa shape index (κ1) is 12.1. The SMILES string of the molecule is O=C(O)C=Cc1cccc(-n2nnc3ccccc32)c1. The zero-order chi connectivity index (χ0) is 13.9. The van der Waals surface area contributed by atoms with Crippen LogP contribution < -0.4 is 0 Å². The molecule has 0 fully saturated rings. The van der Waals surface area contributed by atoms with Crippen LogP contribution in [0.3, 0.4) is 0 Å². The monoisotopic (exact) mass is 265 g/mol. The van der Waals surface area contributed by atoms with Gasteiger partial charge in [0, 0.05) is 6.08 Å². The Morgan fingerprint density at radius 1 is 1.15 bits per heavy atom. The Morgan fingerprint density at radius 3 is 2.85 bits per heavy atom. The Bertz CT molecular complexity index is 805. The average molecular weight is 265 g/mol. The fraction of sp³-hybridized carbons (Fsp3) is 0. The molecular weight excluding hydrogens is 254 g/mol. The van der Waals surface area contributed by atoms with Gasteiger partial charge in [0.25, 0.3) is 0 Å². The van der Waals surface area contributed by atoms with E-state index in [4.69, 9.17) is 5.11 Å². The second-order valence-corrected chi connectivity index (χ2v) is 4.26. The quantitative estimate of drug-likeness (QED) is 0.739. The van der Waals surface area contributed by atoms with Crippen molar-refractivity contribution in [1.82, 2.24) is 15.0 Å². The van der Waals surface area contributed by atoms with E-state index in [9.17, 15) is 4.79 Å². The molecule has 0 radical (unpaired) electrons. The van der Waals surface area contributed by atoms with E-state index < -0.39 is 5.97 Å². The van der Waals surface area contributed by atoms with E-state index in [-0.39, 0.29) is 0 Å². The number of aromatic nitrogens is 3. The van der Waals surface area contributed by atoms with Gasteiger partial charge in [-0.25, -0.2) is 9.48 Å². The highest BCUT2D eigenvalue weighted by Crippen LogP contribution is 2.17. The number of nitrogens with zero attached hydrogens (tertiary/aromatic N) is 3. The lowest BCUT2D eigenvalue weighted by atomic mass is 10.2. The summed E-state index contributed by atoms with van der Waals surface area (Å²) in [6.07, 6.45) is 2.66. The number of carboxylic acids is 1. The minimum Gasteiger partial charge on any atom is -0.478 e. The van der Waals surface area contributed by atoms with Crippen molar-refractivity contribution in [3.8, 4) is 5.69 Å². The van der Waals surface area contributed by atoms with Crippen molar-refractivity contribution in [2.45, 2.75) is 0 Å². The lowest BCUT2D eigenvalue weighted by molar-refractivity contribution is -0.131. The smallest absolute Gasteiger partial charge is 0.328 e. The molecule has 0 aliphatic rings. The Morgan fingerprint density at radius 2 is 2.00 bits per heavy atom. The summed E-state index contributed by atoms with van der Waals surface area (Å²) in [6, 6.07) is 15.1. The number of carboxylic acid groups (broad SMARTS) is 1. The molecule has 98 valence electrons. The number of rotatable bonds is 3. The number of fused-ring (bicyclic) bond motifs is 1. The standard InChI is InChI=1S/C15H11N3O2/c19-15(20)9-8-11-4-3-5-12(10-11)18-14-7-2-1-6-13(14)16-17-18/h1-10H,(H,19,20). The van der Waals surface area contributed by atoms with E-state index in [2.05, 4.69) is 10.3 Å². The number of hydrogen-bond acceptors (Lipinski definition) is 3. The van der Waals surface area contributed by atoms with Crippen LogP contribution >= 0.6 is 0 Å². The summed E-state index contributed by atoms with van der Waals surface area (Å²) in [6.45, 7) is 0. The van der Waals surface area contributed by atoms with Crippen molar-refractivity contribution in [1.29, 1.82) is 0 Å². The molecule has 1 aromatic heterocycles. The Hall–Kier alpha value is -2.95. The summed E-state index contributed by atoms with van der Waals surface area (Å²) in [5, 5.41) is 16.9. The van der Waals surface area contributed by atoms with Gasteiger partial charge in [-0.2, -0.15) is 0 Å². The van der Waals surface area contributed by atoms with Gasteiger partial charge in [0.2, 0.25) is 0 Å². The van der Waals surface area contributed by atoms with E-state index in [0.717, 1.165) is 28.4 Å². The van der Waals surface area contributed by atoms with Gasteiger partial charge in [-0.05, 0) is 35.9 Å². The summed E-state index contributed by atoms with van der Waals surface area (Å²) in [4.78, 5) is 10.5. The Labute approximate surface area is 114 Å². The minimum atomic E-state index is -0.971. The second-order valence-electron chi connectivity index (χ2n) is 4.26. The fourth-order valence-corrected chi connectivity index (χ4v) is 1.99. The Kier molecular flexibility index (Phi) is 3.01. The molecule has 1 heterocycles. The van der Waals surface area contributed by atoms with Crippen LogP contribution in [0.2, 0.25) is 0 Å². The van der Waals surface area contributed by atoms with Crippen LogP contribution in [0.25, 0.3) is 22.8 Å². The highest BCUT2D eigenvalue weighted by atomic mass is 16.4. The third-order valence-electron chi connectivity index (χ3n) is 2.88. The number of hydrogen-bond donors (Lipinski definition) is 1. The van der Waals surface area contributed by atoms with Gasteiger partial charge in [-0.15, -0.1) is 5.10 Å². The summed E-state index contributed by atoms with van der Waals surface area (Å²) in [5.41, 5.74) is 3.36. The molecule has 0 aliphatic heterocycles. The second kappa shape index (κ2) is 4.97. The van der Waals surface area contributed by atoms with Crippen LogP contribution in [0.5, 0.6) is 0 Å². The molecule has 2 aromatic carbocycles. The van der Waals surface area contributed by atoms with Gasteiger partial charge in [-0.1, -0.05) is 29.5 Å². The number of para-hydroxylation sites is 1. The Balaban J connectivity index is 2.06. The molecule has 3 rings (SSSR count). The zero-order valence-electron chi connectivity index (χ0n) is 10.5. The summed E-state index contributed by atoms with van der Waals surface area (Å²) < 4.78 is 1.73. The molecule has 0 spiro atoms. The summed E-state index contributed by atoms with van der Waals surface area (Å²) >= 11 is 0. The van der Waals surface area contributed by atoms with Gasteiger partial charge in [-0.3, -0.25) is 0 Å². The first-order valence-corrected chi connectivity index (χ1v) is 6.06. The van der Waals surface area contributed by atoms with E-state index in [1.807, 2.05) is 48.5 Å². The molecule has 20 heavy (non-hydrogen) atoms. The fourth-order valence-electron chi connectivity index (χ4n) is 1.99. The molecular formula is C15H11N3O2. The molecule has 5 heteroatoms. The molecule has 0 atom stereocenters. The topological polar surface area (TPSA) is 68.0 Å². The summed E-state index contributed by atoms with van der Waals surface area (Å²) in [7, 11) is 0. The highest BCUT2D eigenvalue weighted by molar-refractivity contribution is 5.85. The summed E-state index contributed by atoms with van der Waals surface area (Å²) in [5.74, 6) is -0.971. The van der Waals surface area contributed by atoms with Gasteiger partial charge in [0.05, 0.1) is 11.2 Å². The first-order chi connectivity index (χ1) is 9.74. The van der Waals surface area contributed by atoms with E-state index >= 15 is 0 Å². The van der Waals surface area contributed by atoms with Gasteiger partial charge in [0.1, 0.15) is 5.52 Å². The van der Waals surface area contributed by atoms with Crippen LogP contribution in [-0.4, -0.2) is 26.1 Å². The van der Waals surface area contributed by atoms with Crippen molar-refractivity contribution in [2.24, 2.45) is 0 Å². The lowest BCUT2D eigenvalue weighted by Gasteiger charge is -2.03. The van der Waals surface area contributed by atoms with Gasteiger partial charge in [0.15, 0.2) is 0 Å². The molecule has 0 saturated carbocycles. The maximum Gasteiger partial charge on any atom is 0.328 e.